The summed E-state index contributed by atoms with van der Waals surface area (Å²) < 4.78 is 0. The van der Waals surface area contributed by atoms with Gasteiger partial charge in [0.25, 0.3) is 0 Å². The van der Waals surface area contributed by atoms with Gasteiger partial charge in [0.1, 0.15) is 0 Å². The molecule has 0 aliphatic carbocycles. The third-order valence-corrected chi connectivity index (χ3v) is 1.55. The topological polar surface area (TPSA) is 41.1 Å². The predicted octanol–water partition coefficient (Wildman–Crippen LogP) is 0.516. The van der Waals surface area contributed by atoms with E-state index in [4.69, 9.17) is 6.42 Å². The molecule has 3 nitrogen and oxygen atoms in total. The van der Waals surface area contributed by atoms with Gasteiger partial charge in [0, 0.05) is 32.5 Å². The monoisotopic (exact) mass is 182 g/mol. The molecule has 0 bridgehead atoms. The van der Waals surface area contributed by atoms with Crippen molar-refractivity contribution in [2.45, 2.75) is 26.2 Å². The van der Waals surface area contributed by atoms with Gasteiger partial charge in [0.05, 0.1) is 0 Å². The van der Waals surface area contributed by atoms with Gasteiger partial charge in [0.2, 0.25) is 5.91 Å². The lowest BCUT2D eigenvalue weighted by atomic mass is 10.3. The SMILES string of the molecule is C#CCCNCCC(=O)NCCC. The summed E-state index contributed by atoms with van der Waals surface area (Å²) in [5, 5.41) is 5.89. The van der Waals surface area contributed by atoms with Crippen LogP contribution in [0, 0.1) is 12.3 Å². The van der Waals surface area contributed by atoms with Crippen molar-refractivity contribution < 1.29 is 4.79 Å². The van der Waals surface area contributed by atoms with Crippen molar-refractivity contribution in [2.75, 3.05) is 19.6 Å². The molecule has 0 heterocycles. The summed E-state index contributed by atoms with van der Waals surface area (Å²) in [5.41, 5.74) is 0. The molecule has 0 aromatic heterocycles. The Morgan fingerprint density at radius 3 is 2.77 bits per heavy atom. The van der Waals surface area contributed by atoms with Crippen LogP contribution in [0.4, 0.5) is 0 Å². The fourth-order valence-electron chi connectivity index (χ4n) is 0.840. The molecule has 1 amide bonds. The van der Waals surface area contributed by atoms with Gasteiger partial charge in [-0.15, -0.1) is 12.3 Å². The minimum absolute atomic E-state index is 0.107. The van der Waals surface area contributed by atoms with E-state index in [9.17, 15) is 4.79 Å². The highest BCUT2D eigenvalue weighted by Crippen LogP contribution is 1.79. The van der Waals surface area contributed by atoms with Crippen molar-refractivity contribution in [2.24, 2.45) is 0 Å². The van der Waals surface area contributed by atoms with Crippen LogP contribution in [0.1, 0.15) is 26.2 Å². The minimum Gasteiger partial charge on any atom is -0.356 e. The number of nitrogens with one attached hydrogen (secondary N) is 2. The van der Waals surface area contributed by atoms with Crippen LogP contribution in [0.25, 0.3) is 0 Å². The molecule has 0 saturated carbocycles. The van der Waals surface area contributed by atoms with Crippen molar-refractivity contribution in [1.29, 1.82) is 0 Å². The van der Waals surface area contributed by atoms with Crippen LogP contribution in [0.15, 0.2) is 0 Å². The Balaban J connectivity index is 3.13. The number of carbonyl (C=O) groups excluding carboxylic acids is 1. The zero-order chi connectivity index (χ0) is 9.94. The quantitative estimate of drug-likeness (QED) is 0.445. The highest BCUT2D eigenvalue weighted by atomic mass is 16.1. The summed E-state index contributed by atoms with van der Waals surface area (Å²) in [7, 11) is 0. The number of carbonyl (C=O) groups is 1. The third kappa shape index (κ3) is 8.90. The van der Waals surface area contributed by atoms with Gasteiger partial charge in [-0.3, -0.25) is 4.79 Å². The first-order chi connectivity index (χ1) is 6.31. The zero-order valence-electron chi connectivity index (χ0n) is 8.23. The second-order valence-corrected chi connectivity index (χ2v) is 2.80. The molecule has 74 valence electrons. The van der Waals surface area contributed by atoms with Crippen LogP contribution < -0.4 is 10.6 Å². The molecule has 0 fully saturated rings. The summed E-state index contributed by atoms with van der Waals surface area (Å²) in [4.78, 5) is 11.0. The first-order valence-corrected chi connectivity index (χ1v) is 4.72. The summed E-state index contributed by atoms with van der Waals surface area (Å²) in [5.74, 6) is 2.63. The van der Waals surface area contributed by atoms with Gasteiger partial charge in [-0.05, 0) is 6.42 Å². The molecule has 0 spiro atoms. The molecule has 0 saturated heterocycles. The molecule has 3 heteroatoms. The maximum Gasteiger partial charge on any atom is 0.221 e. The first kappa shape index (κ1) is 12.0. The molecule has 0 radical (unpaired) electrons. The molecule has 0 aromatic carbocycles. The standard InChI is InChI=1S/C10H18N2O/c1-3-5-8-11-9-6-10(13)12-7-4-2/h1,11H,4-9H2,2H3,(H,12,13). The van der Waals surface area contributed by atoms with Gasteiger partial charge < -0.3 is 10.6 Å². The molecule has 13 heavy (non-hydrogen) atoms. The fraction of sp³-hybridized carbons (Fsp3) is 0.700. The van der Waals surface area contributed by atoms with Gasteiger partial charge in [-0.25, -0.2) is 0 Å². The summed E-state index contributed by atoms with van der Waals surface area (Å²) in [6.07, 6.45) is 7.30. The van der Waals surface area contributed by atoms with E-state index in [1.807, 2.05) is 6.92 Å². The van der Waals surface area contributed by atoms with Gasteiger partial charge in [0.15, 0.2) is 0 Å². The Bertz CT molecular complexity index is 172. The lowest BCUT2D eigenvalue weighted by Crippen LogP contribution is -2.28. The number of hydrogen-bond donors (Lipinski definition) is 2. The Morgan fingerprint density at radius 1 is 1.38 bits per heavy atom. The average Bonchev–Trinajstić information content (AvgIpc) is 2.14. The number of amides is 1. The Kier molecular flexibility index (Phi) is 8.38. The van der Waals surface area contributed by atoms with Crippen molar-refractivity contribution in [3.63, 3.8) is 0 Å². The lowest BCUT2D eigenvalue weighted by molar-refractivity contribution is -0.120. The largest absolute Gasteiger partial charge is 0.356 e. The lowest BCUT2D eigenvalue weighted by Gasteiger charge is -2.03. The van der Waals surface area contributed by atoms with E-state index in [-0.39, 0.29) is 5.91 Å². The molecule has 0 unspecified atom stereocenters. The highest BCUT2D eigenvalue weighted by molar-refractivity contribution is 5.75. The number of terminal acetylenes is 1. The Morgan fingerprint density at radius 2 is 2.15 bits per heavy atom. The van der Waals surface area contributed by atoms with E-state index in [0.29, 0.717) is 13.0 Å². The number of hydrogen-bond acceptors (Lipinski definition) is 2. The molecule has 0 atom stereocenters. The van der Waals surface area contributed by atoms with Crippen LogP contribution in [0.5, 0.6) is 0 Å². The highest BCUT2D eigenvalue weighted by Gasteiger charge is 1.97. The fourth-order valence-corrected chi connectivity index (χ4v) is 0.840. The molecule has 0 rings (SSSR count). The summed E-state index contributed by atoms with van der Waals surface area (Å²) >= 11 is 0. The van der Waals surface area contributed by atoms with Crippen LogP contribution in [-0.4, -0.2) is 25.5 Å². The summed E-state index contributed by atoms with van der Waals surface area (Å²) in [6, 6.07) is 0. The molecular weight excluding hydrogens is 164 g/mol. The van der Waals surface area contributed by atoms with E-state index in [1.54, 1.807) is 0 Å². The van der Waals surface area contributed by atoms with Crippen LogP contribution in [0.2, 0.25) is 0 Å². The van der Waals surface area contributed by atoms with Crippen LogP contribution in [-0.2, 0) is 4.79 Å². The van der Waals surface area contributed by atoms with E-state index >= 15 is 0 Å². The van der Waals surface area contributed by atoms with Crippen molar-refractivity contribution in [1.82, 2.24) is 10.6 Å². The van der Waals surface area contributed by atoms with E-state index < -0.39 is 0 Å². The van der Waals surface area contributed by atoms with Gasteiger partial charge in [-0.2, -0.15) is 0 Å². The smallest absolute Gasteiger partial charge is 0.221 e. The van der Waals surface area contributed by atoms with Gasteiger partial charge in [-0.1, -0.05) is 6.92 Å². The van der Waals surface area contributed by atoms with Crippen LogP contribution in [0.3, 0.4) is 0 Å². The van der Waals surface area contributed by atoms with Crippen molar-refractivity contribution in [3.05, 3.63) is 0 Å². The van der Waals surface area contributed by atoms with Gasteiger partial charge >= 0.3 is 0 Å². The average molecular weight is 182 g/mol. The normalized spacial score (nSPS) is 9.23. The molecular formula is C10H18N2O. The second-order valence-electron chi connectivity index (χ2n) is 2.80. The second kappa shape index (κ2) is 9.08. The minimum atomic E-state index is 0.107. The Labute approximate surface area is 80.3 Å². The van der Waals surface area contributed by atoms with E-state index in [1.165, 1.54) is 0 Å². The van der Waals surface area contributed by atoms with E-state index in [0.717, 1.165) is 25.9 Å². The molecule has 0 aromatic rings. The maximum atomic E-state index is 11.0. The first-order valence-electron chi connectivity index (χ1n) is 4.72. The maximum absolute atomic E-state index is 11.0. The van der Waals surface area contributed by atoms with Crippen molar-refractivity contribution in [3.8, 4) is 12.3 Å². The van der Waals surface area contributed by atoms with E-state index in [2.05, 4.69) is 16.6 Å². The van der Waals surface area contributed by atoms with Crippen LogP contribution >= 0.6 is 0 Å². The third-order valence-electron chi connectivity index (χ3n) is 1.55. The predicted molar refractivity (Wildman–Crippen MR) is 54.2 cm³/mol. The molecule has 0 aliphatic rings. The Hall–Kier alpha value is -1.01. The molecule has 2 N–H and O–H groups in total. The van der Waals surface area contributed by atoms with Crippen molar-refractivity contribution >= 4 is 5.91 Å². The zero-order valence-corrected chi connectivity index (χ0v) is 8.23. The summed E-state index contributed by atoms with van der Waals surface area (Å²) in [6.45, 7) is 4.30. The number of rotatable bonds is 7. The molecule has 0 aliphatic heterocycles.